The summed E-state index contributed by atoms with van der Waals surface area (Å²) in [6.45, 7) is 0. The van der Waals surface area contributed by atoms with Crippen LogP contribution in [0.2, 0.25) is 0 Å². The van der Waals surface area contributed by atoms with Gasteiger partial charge < -0.3 is 4.74 Å². The molecule has 0 amide bonds. The molecule has 1 aromatic carbocycles. The number of hydrogen-bond acceptors (Lipinski definition) is 4. The van der Waals surface area contributed by atoms with Crippen LogP contribution in [0.4, 0.5) is 4.39 Å². The van der Waals surface area contributed by atoms with Gasteiger partial charge >= 0.3 is 0 Å². The topological polar surface area (TPSA) is 67.2 Å². The van der Waals surface area contributed by atoms with Crippen molar-refractivity contribution in [2.45, 2.75) is 12.5 Å². The largest absolute Gasteiger partial charge is 0.486 e. The van der Waals surface area contributed by atoms with Crippen molar-refractivity contribution in [3.8, 4) is 11.8 Å². The molecule has 0 spiro atoms. The number of nitriles is 1. The predicted octanol–water partition coefficient (Wildman–Crippen LogP) is 1.26. The fourth-order valence-corrected chi connectivity index (χ4v) is 3.29. The van der Waals surface area contributed by atoms with E-state index in [0.29, 0.717) is 6.42 Å². The smallest absolute Gasteiger partial charge is 0.166 e. The maximum Gasteiger partial charge on any atom is 0.166 e. The lowest BCUT2D eigenvalue weighted by molar-refractivity contribution is 0.218. The molecule has 1 unspecified atom stereocenters. The Labute approximate surface area is 98.5 Å². The van der Waals surface area contributed by atoms with Crippen LogP contribution in [0.1, 0.15) is 12.0 Å². The SMILES string of the molecule is N#Cc1ccc(OC2CCS(=O)(=O)C2)c(F)c1. The minimum absolute atomic E-state index is 0.00824. The van der Waals surface area contributed by atoms with Crippen LogP contribution in [-0.4, -0.2) is 26.0 Å². The standard InChI is InChI=1S/C11H10FNO3S/c12-10-5-8(6-13)1-2-11(10)16-9-3-4-17(14,15)7-9/h1-2,5,9H,3-4,7H2. The monoisotopic (exact) mass is 255 g/mol. The number of hydrogen-bond donors (Lipinski definition) is 0. The fraction of sp³-hybridized carbons (Fsp3) is 0.364. The first-order valence-electron chi connectivity index (χ1n) is 5.07. The van der Waals surface area contributed by atoms with E-state index in [1.807, 2.05) is 6.07 Å². The number of halogens is 1. The van der Waals surface area contributed by atoms with Crippen molar-refractivity contribution >= 4 is 9.84 Å². The van der Waals surface area contributed by atoms with Gasteiger partial charge in [0, 0.05) is 0 Å². The van der Waals surface area contributed by atoms with Gasteiger partial charge in [0.15, 0.2) is 21.4 Å². The summed E-state index contributed by atoms with van der Waals surface area (Å²) in [5.41, 5.74) is 0.203. The van der Waals surface area contributed by atoms with Gasteiger partial charge in [-0.2, -0.15) is 5.26 Å². The van der Waals surface area contributed by atoms with E-state index in [1.165, 1.54) is 12.1 Å². The molecule has 0 N–H and O–H groups in total. The highest BCUT2D eigenvalue weighted by Gasteiger charge is 2.29. The summed E-state index contributed by atoms with van der Waals surface area (Å²) in [5.74, 6) is -0.651. The number of rotatable bonds is 2. The van der Waals surface area contributed by atoms with Gasteiger partial charge in [-0.05, 0) is 24.6 Å². The number of ether oxygens (including phenoxy) is 1. The lowest BCUT2D eigenvalue weighted by Gasteiger charge is -2.12. The molecular weight excluding hydrogens is 245 g/mol. The van der Waals surface area contributed by atoms with Crippen molar-refractivity contribution in [1.29, 1.82) is 5.26 Å². The summed E-state index contributed by atoms with van der Waals surface area (Å²) in [4.78, 5) is 0. The first-order chi connectivity index (χ1) is 8.00. The van der Waals surface area contributed by atoms with E-state index >= 15 is 0 Å². The summed E-state index contributed by atoms with van der Waals surface area (Å²) in [6.07, 6.45) is -0.121. The zero-order valence-corrected chi connectivity index (χ0v) is 9.71. The van der Waals surface area contributed by atoms with E-state index in [-0.39, 0.29) is 22.8 Å². The Morgan fingerprint density at radius 3 is 2.76 bits per heavy atom. The van der Waals surface area contributed by atoms with Crippen LogP contribution >= 0.6 is 0 Å². The molecule has 0 bridgehead atoms. The molecule has 1 aliphatic rings. The molecule has 1 fully saturated rings. The Hall–Kier alpha value is -1.61. The third-order valence-corrected chi connectivity index (χ3v) is 4.28. The molecule has 1 atom stereocenters. The molecule has 2 rings (SSSR count). The Kier molecular flexibility index (Phi) is 3.03. The fourth-order valence-electron chi connectivity index (χ4n) is 1.70. The van der Waals surface area contributed by atoms with Crippen LogP contribution in [0.15, 0.2) is 18.2 Å². The zero-order valence-electron chi connectivity index (χ0n) is 8.89. The van der Waals surface area contributed by atoms with E-state index < -0.39 is 21.8 Å². The maximum absolute atomic E-state index is 13.5. The van der Waals surface area contributed by atoms with E-state index in [1.54, 1.807) is 0 Å². The van der Waals surface area contributed by atoms with Gasteiger partial charge in [-0.15, -0.1) is 0 Å². The lowest BCUT2D eigenvalue weighted by atomic mass is 10.2. The normalized spacial score (nSPS) is 22.0. The molecule has 90 valence electrons. The highest BCUT2D eigenvalue weighted by Crippen LogP contribution is 2.23. The zero-order chi connectivity index (χ0) is 12.5. The number of benzene rings is 1. The minimum atomic E-state index is -3.04. The highest BCUT2D eigenvalue weighted by molar-refractivity contribution is 7.91. The van der Waals surface area contributed by atoms with E-state index in [2.05, 4.69) is 0 Å². The number of nitrogens with zero attached hydrogens (tertiary/aromatic N) is 1. The third-order valence-electron chi connectivity index (χ3n) is 2.55. The first-order valence-corrected chi connectivity index (χ1v) is 6.89. The van der Waals surface area contributed by atoms with Crippen LogP contribution in [0, 0.1) is 17.1 Å². The first kappa shape index (κ1) is 11.9. The second-order valence-corrected chi connectivity index (χ2v) is 6.13. The maximum atomic E-state index is 13.5. The summed E-state index contributed by atoms with van der Waals surface area (Å²) >= 11 is 0. The van der Waals surface area contributed by atoms with Crippen molar-refractivity contribution in [3.63, 3.8) is 0 Å². The highest BCUT2D eigenvalue weighted by atomic mass is 32.2. The lowest BCUT2D eigenvalue weighted by Crippen LogP contribution is -2.18. The van der Waals surface area contributed by atoms with Gasteiger partial charge in [-0.1, -0.05) is 0 Å². The van der Waals surface area contributed by atoms with Crippen LogP contribution in [0.3, 0.4) is 0 Å². The molecular formula is C11H10FNO3S. The van der Waals surface area contributed by atoms with Crippen LogP contribution in [-0.2, 0) is 9.84 Å². The molecule has 1 aliphatic heterocycles. The Morgan fingerprint density at radius 2 is 2.24 bits per heavy atom. The van der Waals surface area contributed by atoms with Crippen molar-refractivity contribution in [2.24, 2.45) is 0 Å². The Bertz CT molecular complexity index is 577. The average Bonchev–Trinajstić information content (AvgIpc) is 2.61. The molecule has 1 saturated heterocycles. The molecule has 17 heavy (non-hydrogen) atoms. The van der Waals surface area contributed by atoms with Crippen LogP contribution in [0.25, 0.3) is 0 Å². The molecule has 1 aromatic rings. The molecule has 0 aromatic heterocycles. The summed E-state index contributed by atoms with van der Waals surface area (Å²) in [6, 6.07) is 5.66. The van der Waals surface area contributed by atoms with E-state index in [9.17, 15) is 12.8 Å². The van der Waals surface area contributed by atoms with Gasteiger partial charge in [0.05, 0.1) is 23.1 Å². The minimum Gasteiger partial charge on any atom is -0.486 e. The predicted molar refractivity (Wildman–Crippen MR) is 58.8 cm³/mol. The van der Waals surface area contributed by atoms with Gasteiger partial charge in [0.1, 0.15) is 6.10 Å². The van der Waals surface area contributed by atoms with Gasteiger partial charge in [-0.25, -0.2) is 12.8 Å². The number of sulfone groups is 1. The van der Waals surface area contributed by atoms with Crippen LogP contribution in [0.5, 0.6) is 5.75 Å². The molecule has 0 aliphatic carbocycles. The summed E-state index contributed by atoms with van der Waals surface area (Å²) < 4.78 is 41.1. The van der Waals surface area contributed by atoms with Gasteiger partial charge in [0.2, 0.25) is 0 Å². The van der Waals surface area contributed by atoms with Crippen molar-refractivity contribution in [1.82, 2.24) is 0 Å². The quantitative estimate of drug-likeness (QED) is 0.798. The molecule has 0 saturated carbocycles. The molecule has 1 heterocycles. The molecule has 4 nitrogen and oxygen atoms in total. The van der Waals surface area contributed by atoms with Gasteiger partial charge in [0.25, 0.3) is 0 Å². The molecule has 0 radical (unpaired) electrons. The Morgan fingerprint density at radius 1 is 1.47 bits per heavy atom. The van der Waals surface area contributed by atoms with Crippen molar-refractivity contribution in [3.05, 3.63) is 29.6 Å². The van der Waals surface area contributed by atoms with E-state index in [4.69, 9.17) is 10.00 Å². The average molecular weight is 255 g/mol. The van der Waals surface area contributed by atoms with Gasteiger partial charge in [-0.3, -0.25) is 0 Å². The van der Waals surface area contributed by atoms with Crippen molar-refractivity contribution < 1.29 is 17.5 Å². The second-order valence-electron chi connectivity index (χ2n) is 3.90. The molecule has 6 heteroatoms. The summed E-state index contributed by atoms with van der Waals surface area (Å²) in [5, 5.41) is 8.57. The Balaban J connectivity index is 2.13. The van der Waals surface area contributed by atoms with Crippen molar-refractivity contribution in [2.75, 3.05) is 11.5 Å². The van der Waals surface area contributed by atoms with Crippen LogP contribution < -0.4 is 4.74 Å². The second kappa shape index (κ2) is 4.34. The third kappa shape index (κ3) is 2.74. The summed E-state index contributed by atoms with van der Waals surface area (Å²) in [7, 11) is -3.04. The van der Waals surface area contributed by atoms with E-state index in [0.717, 1.165) is 6.07 Å².